The predicted molar refractivity (Wildman–Crippen MR) is 66.0 cm³/mol. The second-order valence-electron chi connectivity index (χ2n) is 7.22. The molecule has 0 aromatic rings. The second-order valence-corrected chi connectivity index (χ2v) is 8.29. The summed E-state index contributed by atoms with van der Waals surface area (Å²) in [6.45, 7) is 0. The molecule has 4 fully saturated rings. The van der Waals surface area contributed by atoms with Gasteiger partial charge in [-0.25, -0.2) is 0 Å². The zero-order valence-corrected chi connectivity index (χ0v) is 14.6. The van der Waals surface area contributed by atoms with E-state index in [0.29, 0.717) is 17.8 Å². The van der Waals surface area contributed by atoms with Gasteiger partial charge < -0.3 is 4.55 Å². The van der Waals surface area contributed by atoms with Crippen molar-refractivity contribution in [1.29, 1.82) is 0 Å². The smallest absolute Gasteiger partial charge is 0.768 e. The summed E-state index contributed by atoms with van der Waals surface area (Å²) >= 11 is -3.27. The van der Waals surface area contributed by atoms with Crippen LogP contribution >= 0.6 is 0 Å². The molecule has 4 saturated carbocycles. The van der Waals surface area contributed by atoms with Crippen LogP contribution in [0.2, 0.25) is 0 Å². The van der Waals surface area contributed by atoms with E-state index < -0.39 is 22.8 Å². The van der Waals surface area contributed by atoms with Gasteiger partial charge in [0.2, 0.25) is 0 Å². The zero-order chi connectivity index (χ0) is 13.4. The molecule has 6 heteroatoms. The molecule has 4 aliphatic carbocycles. The van der Waals surface area contributed by atoms with Crippen LogP contribution in [0.15, 0.2) is 0 Å². The molecule has 2 nitrogen and oxygen atoms in total. The molecule has 0 aromatic carbocycles. The van der Waals surface area contributed by atoms with Crippen molar-refractivity contribution >= 4 is 11.1 Å². The van der Waals surface area contributed by atoms with Crippen LogP contribution in [0.4, 0.5) is 8.78 Å². The van der Waals surface area contributed by atoms with E-state index in [-0.39, 0.29) is 35.5 Å². The van der Waals surface area contributed by atoms with Crippen LogP contribution in [0.25, 0.3) is 0 Å². The third-order valence-corrected chi connectivity index (χ3v) is 7.27. The summed E-state index contributed by atoms with van der Waals surface area (Å²) in [5.41, 5.74) is 0. The summed E-state index contributed by atoms with van der Waals surface area (Å²) in [6.07, 6.45) is 5.45. The Hall–Kier alpha value is 0.970. The molecule has 0 heterocycles. The van der Waals surface area contributed by atoms with E-state index in [0.717, 1.165) is 30.6 Å². The Morgan fingerprint density at radius 3 is 2.35 bits per heavy atom. The Morgan fingerprint density at radius 1 is 1.05 bits per heavy atom. The van der Waals surface area contributed by atoms with Crippen molar-refractivity contribution in [2.24, 2.45) is 41.4 Å². The van der Waals surface area contributed by atoms with Crippen molar-refractivity contribution in [2.45, 2.75) is 43.8 Å². The number of fused-ring (bicyclic) bond motifs is 9. The van der Waals surface area contributed by atoms with Crippen molar-refractivity contribution in [3.05, 3.63) is 0 Å². The number of halogens is 2. The van der Waals surface area contributed by atoms with E-state index in [1.54, 1.807) is 0 Å². The first-order chi connectivity index (χ1) is 8.97. The quantitative estimate of drug-likeness (QED) is 0.423. The molecule has 20 heavy (non-hydrogen) atoms. The molecule has 8 unspecified atom stereocenters. The van der Waals surface area contributed by atoms with E-state index >= 15 is 0 Å². The molecule has 4 bridgehead atoms. The topological polar surface area (TPSA) is 40.1 Å². The Bertz CT molecular complexity index is 433. The van der Waals surface area contributed by atoms with Crippen LogP contribution in [0, 0.1) is 41.4 Å². The first-order valence-corrected chi connectivity index (χ1v) is 8.52. The molecule has 0 aliphatic heterocycles. The molecule has 0 aromatic heterocycles. The minimum absolute atomic E-state index is 0. The standard InChI is InChI=1S/C14H20F2O2S.Na/c15-14(16,19(17)18)6-10-4-9-5-11(10)13-8-2-1-7(3-8)12(9)13;/h7-13H,1-6H2,(H,17,18);/q;+1/p-1. The Kier molecular flexibility index (Phi) is 4.17. The maximum Gasteiger partial charge on any atom is 1.00 e. The van der Waals surface area contributed by atoms with Gasteiger partial charge in [0.25, 0.3) is 0 Å². The summed E-state index contributed by atoms with van der Waals surface area (Å²) in [5, 5.41) is -3.53. The molecule has 0 amide bonds. The summed E-state index contributed by atoms with van der Waals surface area (Å²) in [7, 11) is 0. The summed E-state index contributed by atoms with van der Waals surface area (Å²) in [4.78, 5) is 0. The summed E-state index contributed by atoms with van der Waals surface area (Å²) in [5.74, 6) is 4.02. The van der Waals surface area contributed by atoms with Gasteiger partial charge in [-0.3, -0.25) is 4.21 Å². The normalized spacial score (nSPS) is 50.0. The molecule has 108 valence electrons. The van der Waals surface area contributed by atoms with Crippen LogP contribution in [0.3, 0.4) is 0 Å². The number of rotatable bonds is 3. The van der Waals surface area contributed by atoms with E-state index in [1.165, 1.54) is 19.3 Å². The molecule has 8 atom stereocenters. The fourth-order valence-corrected chi connectivity index (χ4v) is 6.66. The van der Waals surface area contributed by atoms with Crippen LogP contribution in [-0.2, 0) is 11.1 Å². The Labute approximate surface area is 143 Å². The molecule has 0 radical (unpaired) electrons. The van der Waals surface area contributed by atoms with E-state index in [4.69, 9.17) is 0 Å². The van der Waals surface area contributed by atoms with Gasteiger partial charge in [-0.2, -0.15) is 8.78 Å². The Morgan fingerprint density at radius 2 is 1.70 bits per heavy atom. The molecular formula is C14H19F2NaO2S. The van der Waals surface area contributed by atoms with Crippen molar-refractivity contribution in [1.82, 2.24) is 0 Å². The minimum Gasteiger partial charge on any atom is -0.768 e. The van der Waals surface area contributed by atoms with Gasteiger partial charge in [-0.05, 0) is 73.5 Å². The predicted octanol–water partition coefficient (Wildman–Crippen LogP) is 0.171. The molecule has 0 N–H and O–H groups in total. The molecule has 4 aliphatic rings. The average Bonchev–Trinajstić information content (AvgIpc) is 3.05. The molecule has 4 rings (SSSR count). The first-order valence-electron chi connectivity index (χ1n) is 7.44. The summed E-state index contributed by atoms with van der Waals surface area (Å²) in [6, 6.07) is 0. The van der Waals surface area contributed by atoms with Crippen LogP contribution < -0.4 is 29.6 Å². The van der Waals surface area contributed by atoms with E-state index in [2.05, 4.69) is 0 Å². The van der Waals surface area contributed by atoms with Gasteiger partial charge in [0.05, 0.1) is 0 Å². The maximum atomic E-state index is 13.4. The fraction of sp³-hybridized carbons (Fsp3) is 1.00. The van der Waals surface area contributed by atoms with Gasteiger partial charge in [-0.1, -0.05) is 0 Å². The first kappa shape index (κ1) is 15.9. The fourth-order valence-electron chi connectivity index (χ4n) is 6.31. The Balaban J connectivity index is 0.00000121. The minimum atomic E-state index is -3.53. The van der Waals surface area contributed by atoms with Crippen molar-refractivity contribution in [3.63, 3.8) is 0 Å². The van der Waals surface area contributed by atoms with E-state index in [9.17, 15) is 17.5 Å². The van der Waals surface area contributed by atoms with Gasteiger partial charge in [-0.15, -0.1) is 0 Å². The van der Waals surface area contributed by atoms with E-state index in [1.807, 2.05) is 0 Å². The van der Waals surface area contributed by atoms with Gasteiger partial charge >= 0.3 is 34.8 Å². The average molecular weight is 312 g/mol. The zero-order valence-electron chi connectivity index (χ0n) is 11.8. The monoisotopic (exact) mass is 312 g/mol. The van der Waals surface area contributed by atoms with Crippen molar-refractivity contribution in [2.75, 3.05) is 0 Å². The third-order valence-electron chi connectivity index (χ3n) is 6.62. The number of hydrogen-bond acceptors (Lipinski definition) is 2. The second kappa shape index (κ2) is 5.26. The third kappa shape index (κ3) is 2.18. The molecule has 0 spiro atoms. The van der Waals surface area contributed by atoms with Gasteiger partial charge in [0.15, 0.2) is 0 Å². The van der Waals surface area contributed by atoms with Crippen LogP contribution in [-0.4, -0.2) is 14.0 Å². The maximum absolute atomic E-state index is 13.4. The van der Waals surface area contributed by atoms with Crippen LogP contribution in [0.1, 0.15) is 38.5 Å². The van der Waals surface area contributed by atoms with Crippen LogP contribution in [0.5, 0.6) is 0 Å². The largest absolute Gasteiger partial charge is 1.00 e. The number of alkyl halides is 2. The van der Waals surface area contributed by atoms with Gasteiger partial charge in [0.1, 0.15) is 0 Å². The van der Waals surface area contributed by atoms with Crippen molar-refractivity contribution in [3.8, 4) is 0 Å². The number of hydrogen-bond donors (Lipinski definition) is 0. The van der Waals surface area contributed by atoms with Gasteiger partial charge in [0, 0.05) is 17.5 Å². The molecule has 0 saturated heterocycles. The molecular weight excluding hydrogens is 293 g/mol. The SMILES string of the molecule is O=S([O-])C(F)(F)CC1CC2CC1C1C3CCC(C3)C21.[Na+]. The van der Waals surface area contributed by atoms with Crippen molar-refractivity contribution < 1.29 is 47.1 Å². The summed E-state index contributed by atoms with van der Waals surface area (Å²) < 4.78 is 48.1.